The molecule has 1 amide bonds. The molecular formula is C12H19N3OS. The Morgan fingerprint density at radius 2 is 2.24 bits per heavy atom. The summed E-state index contributed by atoms with van der Waals surface area (Å²) in [5.74, 6) is 1.47. The van der Waals surface area contributed by atoms with E-state index in [2.05, 4.69) is 10.3 Å². The first-order valence-corrected chi connectivity index (χ1v) is 6.98. The fraction of sp³-hybridized carbons (Fsp3) is 0.500. The Morgan fingerprint density at radius 3 is 2.82 bits per heavy atom. The van der Waals surface area contributed by atoms with Gasteiger partial charge in [-0.3, -0.25) is 4.79 Å². The summed E-state index contributed by atoms with van der Waals surface area (Å²) in [6.07, 6.45) is 2.01. The second-order valence-corrected chi connectivity index (χ2v) is 5.09. The lowest BCUT2D eigenvalue weighted by Gasteiger charge is -2.09. The smallest absolute Gasteiger partial charge is 0.251 e. The summed E-state index contributed by atoms with van der Waals surface area (Å²) in [7, 11) is 0. The maximum absolute atomic E-state index is 11.8. The zero-order valence-corrected chi connectivity index (χ0v) is 11.3. The van der Waals surface area contributed by atoms with E-state index < -0.39 is 0 Å². The Bertz CT molecular complexity index is 393. The molecule has 0 saturated carbocycles. The average Bonchev–Trinajstić information content (AvgIpc) is 2.28. The summed E-state index contributed by atoms with van der Waals surface area (Å²) in [6, 6.07) is 3.41. The number of aromatic nitrogens is 1. The second-order valence-electron chi connectivity index (χ2n) is 4.11. The van der Waals surface area contributed by atoms with Gasteiger partial charge in [-0.1, -0.05) is 13.8 Å². The maximum Gasteiger partial charge on any atom is 0.251 e. The predicted molar refractivity (Wildman–Crippen MR) is 73.5 cm³/mol. The maximum atomic E-state index is 11.8. The number of nitrogens with zero attached hydrogens (tertiary/aromatic N) is 1. The van der Waals surface area contributed by atoms with Crippen LogP contribution in [0.25, 0.3) is 0 Å². The summed E-state index contributed by atoms with van der Waals surface area (Å²) in [5.41, 5.74) is 7.13. The van der Waals surface area contributed by atoms with E-state index in [0.717, 1.165) is 11.4 Å². The van der Waals surface area contributed by atoms with Crippen LogP contribution in [-0.2, 0) is 0 Å². The van der Waals surface area contributed by atoms with E-state index in [1.165, 1.54) is 0 Å². The number of nitrogens with two attached hydrogens (primary N) is 1. The first-order chi connectivity index (χ1) is 8.04. The first-order valence-electron chi connectivity index (χ1n) is 5.59. The van der Waals surface area contributed by atoms with Crippen molar-refractivity contribution in [3.05, 3.63) is 23.4 Å². The van der Waals surface area contributed by atoms with Crippen molar-refractivity contribution in [3.8, 4) is 0 Å². The van der Waals surface area contributed by atoms with E-state index in [9.17, 15) is 4.79 Å². The summed E-state index contributed by atoms with van der Waals surface area (Å²) in [6.45, 7) is 4.72. The van der Waals surface area contributed by atoms with Gasteiger partial charge in [-0.25, -0.2) is 4.98 Å². The van der Waals surface area contributed by atoms with Crippen LogP contribution in [0.2, 0.25) is 0 Å². The normalized spacial score (nSPS) is 10.6. The lowest BCUT2D eigenvalue weighted by Crippen LogP contribution is -2.26. The highest BCUT2D eigenvalue weighted by Gasteiger charge is 2.10. The topological polar surface area (TPSA) is 68.0 Å². The molecule has 0 aromatic carbocycles. The first kappa shape index (κ1) is 13.8. The molecule has 3 N–H and O–H groups in total. The molecule has 0 atom stereocenters. The van der Waals surface area contributed by atoms with Crippen LogP contribution < -0.4 is 11.1 Å². The third-order valence-corrected chi connectivity index (χ3v) is 2.92. The molecule has 4 nitrogen and oxygen atoms in total. The molecule has 17 heavy (non-hydrogen) atoms. The standard InChI is InChI=1S/C12H19N3OS/c1-8(2)10-6-9(7-11(13)15-10)12(16)14-4-5-17-3/h6-8H,4-5H2,1-3H3,(H2,13,15)(H,14,16). The highest BCUT2D eigenvalue weighted by molar-refractivity contribution is 7.98. The third-order valence-electron chi connectivity index (χ3n) is 2.31. The minimum absolute atomic E-state index is 0.0879. The van der Waals surface area contributed by atoms with Gasteiger partial charge in [0.2, 0.25) is 0 Å². The Kier molecular flexibility index (Phi) is 5.28. The number of pyridine rings is 1. The van der Waals surface area contributed by atoms with Gasteiger partial charge in [-0.15, -0.1) is 0 Å². The number of carbonyl (C=O) groups excluding carboxylic acids is 1. The van der Waals surface area contributed by atoms with Crippen molar-refractivity contribution in [2.75, 3.05) is 24.3 Å². The van der Waals surface area contributed by atoms with Crippen LogP contribution in [0, 0.1) is 0 Å². The van der Waals surface area contributed by atoms with Crippen LogP contribution in [-0.4, -0.2) is 29.4 Å². The SMILES string of the molecule is CSCCNC(=O)c1cc(N)nc(C(C)C)c1. The fourth-order valence-electron chi connectivity index (χ4n) is 1.37. The van der Waals surface area contributed by atoms with Crippen molar-refractivity contribution in [2.24, 2.45) is 0 Å². The number of anilines is 1. The van der Waals surface area contributed by atoms with Crippen molar-refractivity contribution < 1.29 is 4.79 Å². The van der Waals surface area contributed by atoms with E-state index >= 15 is 0 Å². The van der Waals surface area contributed by atoms with Gasteiger partial charge in [-0.05, 0) is 24.3 Å². The van der Waals surface area contributed by atoms with E-state index in [-0.39, 0.29) is 11.8 Å². The summed E-state index contributed by atoms with van der Waals surface area (Å²) in [4.78, 5) is 16.0. The highest BCUT2D eigenvalue weighted by atomic mass is 32.2. The van der Waals surface area contributed by atoms with Gasteiger partial charge in [-0.2, -0.15) is 11.8 Å². The van der Waals surface area contributed by atoms with Crippen molar-refractivity contribution >= 4 is 23.5 Å². The summed E-state index contributed by atoms with van der Waals surface area (Å²) in [5, 5.41) is 2.85. The van der Waals surface area contributed by atoms with Gasteiger partial charge in [0.05, 0.1) is 0 Å². The molecule has 1 aromatic rings. The zero-order chi connectivity index (χ0) is 12.8. The Hall–Kier alpha value is -1.23. The van der Waals surface area contributed by atoms with Crippen molar-refractivity contribution in [3.63, 3.8) is 0 Å². The van der Waals surface area contributed by atoms with Gasteiger partial charge in [0.1, 0.15) is 5.82 Å². The molecule has 0 fully saturated rings. The Balaban J connectivity index is 2.79. The van der Waals surface area contributed by atoms with Crippen LogP contribution in [0.3, 0.4) is 0 Å². The van der Waals surface area contributed by atoms with Crippen LogP contribution in [0.5, 0.6) is 0 Å². The molecule has 1 aromatic heterocycles. The lowest BCUT2D eigenvalue weighted by molar-refractivity contribution is 0.0956. The number of amides is 1. The number of nitrogen functional groups attached to an aromatic ring is 1. The Morgan fingerprint density at radius 1 is 1.53 bits per heavy atom. The Labute approximate surface area is 106 Å². The number of thioether (sulfide) groups is 1. The van der Waals surface area contributed by atoms with Gasteiger partial charge in [0.25, 0.3) is 5.91 Å². The fourth-order valence-corrected chi connectivity index (χ4v) is 1.68. The quantitative estimate of drug-likeness (QED) is 0.786. The number of nitrogens with one attached hydrogen (secondary N) is 1. The molecular weight excluding hydrogens is 234 g/mol. The predicted octanol–water partition coefficient (Wildman–Crippen LogP) is 1.88. The minimum Gasteiger partial charge on any atom is -0.384 e. The number of hydrogen-bond donors (Lipinski definition) is 2. The van der Waals surface area contributed by atoms with Crippen LogP contribution in [0.4, 0.5) is 5.82 Å². The molecule has 0 saturated heterocycles. The van der Waals surface area contributed by atoms with Crippen molar-refractivity contribution in [1.82, 2.24) is 10.3 Å². The number of carbonyl (C=O) groups is 1. The highest BCUT2D eigenvalue weighted by Crippen LogP contribution is 2.15. The minimum atomic E-state index is -0.0879. The van der Waals surface area contributed by atoms with Gasteiger partial charge >= 0.3 is 0 Å². The summed E-state index contributed by atoms with van der Waals surface area (Å²) < 4.78 is 0. The van der Waals surface area contributed by atoms with E-state index in [1.807, 2.05) is 20.1 Å². The number of rotatable bonds is 5. The average molecular weight is 253 g/mol. The third kappa shape index (κ3) is 4.26. The van der Waals surface area contributed by atoms with E-state index in [4.69, 9.17) is 5.73 Å². The molecule has 1 heterocycles. The largest absolute Gasteiger partial charge is 0.384 e. The van der Waals surface area contributed by atoms with Gasteiger partial charge in [0.15, 0.2) is 0 Å². The van der Waals surface area contributed by atoms with Gasteiger partial charge < -0.3 is 11.1 Å². The van der Waals surface area contributed by atoms with E-state index in [0.29, 0.717) is 17.9 Å². The molecule has 0 spiro atoms. The molecule has 94 valence electrons. The molecule has 0 radical (unpaired) electrons. The molecule has 0 aliphatic carbocycles. The van der Waals surface area contributed by atoms with Crippen LogP contribution >= 0.6 is 11.8 Å². The second kappa shape index (κ2) is 6.49. The number of hydrogen-bond acceptors (Lipinski definition) is 4. The zero-order valence-electron chi connectivity index (χ0n) is 10.5. The monoisotopic (exact) mass is 253 g/mol. The molecule has 0 aliphatic heterocycles. The van der Waals surface area contributed by atoms with Crippen molar-refractivity contribution in [1.29, 1.82) is 0 Å². The molecule has 5 heteroatoms. The summed E-state index contributed by atoms with van der Waals surface area (Å²) >= 11 is 1.70. The molecule has 0 unspecified atom stereocenters. The molecule has 1 rings (SSSR count). The molecule has 0 bridgehead atoms. The van der Waals surface area contributed by atoms with Crippen LogP contribution in [0.1, 0.15) is 35.8 Å². The van der Waals surface area contributed by atoms with Gasteiger partial charge in [0, 0.05) is 23.6 Å². The van der Waals surface area contributed by atoms with Crippen molar-refractivity contribution in [2.45, 2.75) is 19.8 Å². The molecule has 0 aliphatic rings. The lowest BCUT2D eigenvalue weighted by atomic mass is 10.1. The van der Waals surface area contributed by atoms with Crippen LogP contribution in [0.15, 0.2) is 12.1 Å². The van der Waals surface area contributed by atoms with E-state index in [1.54, 1.807) is 23.9 Å².